The third-order valence-corrected chi connectivity index (χ3v) is 5.01. The maximum atomic E-state index is 13.1. The predicted molar refractivity (Wildman–Crippen MR) is 103 cm³/mol. The summed E-state index contributed by atoms with van der Waals surface area (Å²) in [6.07, 6.45) is 0.866. The number of amides is 2. The van der Waals surface area contributed by atoms with Crippen molar-refractivity contribution >= 4 is 17.5 Å². The second-order valence-electron chi connectivity index (χ2n) is 6.56. The fourth-order valence-corrected chi connectivity index (χ4v) is 3.55. The number of likely N-dealkylation sites (tertiary alicyclic amines) is 1. The first-order valence-electron chi connectivity index (χ1n) is 8.88. The van der Waals surface area contributed by atoms with E-state index in [0.717, 1.165) is 5.56 Å². The van der Waals surface area contributed by atoms with Gasteiger partial charge in [-0.3, -0.25) is 9.59 Å². The molecule has 0 bridgehead atoms. The van der Waals surface area contributed by atoms with Gasteiger partial charge >= 0.3 is 0 Å². The molecule has 3 rings (SSSR count). The Bertz CT molecular complexity index is 822. The number of hydrogen-bond acceptors (Lipinski definition) is 4. The number of carbonyl (C=O) groups excluding carboxylic acids is 2. The van der Waals surface area contributed by atoms with Gasteiger partial charge in [-0.05, 0) is 24.1 Å². The highest BCUT2D eigenvalue weighted by Crippen LogP contribution is 2.37. The van der Waals surface area contributed by atoms with Crippen molar-refractivity contribution in [1.29, 1.82) is 0 Å². The highest BCUT2D eigenvalue weighted by Gasteiger charge is 2.39. The van der Waals surface area contributed by atoms with E-state index in [4.69, 9.17) is 9.47 Å². The molecule has 0 radical (unpaired) electrons. The molecule has 6 heteroatoms. The zero-order valence-electron chi connectivity index (χ0n) is 15.8. The maximum absolute atomic E-state index is 13.1. The van der Waals surface area contributed by atoms with E-state index in [9.17, 15) is 9.59 Å². The van der Waals surface area contributed by atoms with Crippen LogP contribution in [0, 0.1) is 5.92 Å². The number of carbonyl (C=O) groups is 2. The van der Waals surface area contributed by atoms with Crippen molar-refractivity contribution in [2.75, 3.05) is 26.6 Å². The van der Waals surface area contributed by atoms with Crippen LogP contribution in [0.25, 0.3) is 0 Å². The van der Waals surface area contributed by atoms with E-state index in [-0.39, 0.29) is 23.8 Å². The maximum Gasteiger partial charge on any atom is 0.230 e. The molecule has 2 amide bonds. The molecule has 0 spiro atoms. The number of nitrogens with one attached hydrogen (secondary N) is 1. The fourth-order valence-electron chi connectivity index (χ4n) is 3.55. The molecule has 0 saturated carbocycles. The summed E-state index contributed by atoms with van der Waals surface area (Å²) in [7, 11) is 4.88. The summed E-state index contributed by atoms with van der Waals surface area (Å²) in [6, 6.07) is 14.6. The first kappa shape index (κ1) is 18.8. The van der Waals surface area contributed by atoms with Crippen molar-refractivity contribution in [3.63, 3.8) is 0 Å². The summed E-state index contributed by atoms with van der Waals surface area (Å²) in [5.41, 5.74) is 1.53. The van der Waals surface area contributed by atoms with Crippen molar-refractivity contribution in [2.24, 2.45) is 5.92 Å². The molecule has 2 aromatic rings. The largest absolute Gasteiger partial charge is 0.497 e. The Hall–Kier alpha value is -3.02. The SMILES string of the molecule is COc1ccc(NC(=O)[C@H]2CCC(=O)N(C)[C@@H]2c2ccccc2)c(OC)c1. The van der Waals surface area contributed by atoms with E-state index in [0.29, 0.717) is 30.0 Å². The number of hydrogen-bond donors (Lipinski definition) is 1. The minimum atomic E-state index is -0.345. The monoisotopic (exact) mass is 368 g/mol. The quantitative estimate of drug-likeness (QED) is 0.880. The van der Waals surface area contributed by atoms with Gasteiger partial charge < -0.3 is 19.7 Å². The lowest BCUT2D eigenvalue weighted by atomic mass is 9.84. The topological polar surface area (TPSA) is 67.9 Å². The van der Waals surface area contributed by atoms with Crippen LogP contribution in [0.3, 0.4) is 0 Å². The fraction of sp³-hybridized carbons (Fsp3) is 0.333. The zero-order chi connectivity index (χ0) is 19.4. The molecule has 0 aliphatic carbocycles. The van der Waals surface area contributed by atoms with Crippen LogP contribution < -0.4 is 14.8 Å². The van der Waals surface area contributed by atoms with Crippen molar-refractivity contribution in [2.45, 2.75) is 18.9 Å². The highest BCUT2D eigenvalue weighted by molar-refractivity contribution is 5.96. The van der Waals surface area contributed by atoms with Gasteiger partial charge in [-0.25, -0.2) is 0 Å². The van der Waals surface area contributed by atoms with Gasteiger partial charge in [0, 0.05) is 19.5 Å². The lowest BCUT2D eigenvalue weighted by molar-refractivity contribution is -0.140. The zero-order valence-corrected chi connectivity index (χ0v) is 15.8. The summed E-state index contributed by atoms with van der Waals surface area (Å²) in [4.78, 5) is 27.0. The van der Waals surface area contributed by atoms with E-state index in [1.807, 2.05) is 30.3 Å². The first-order valence-corrected chi connectivity index (χ1v) is 8.88. The Kier molecular flexibility index (Phi) is 5.64. The minimum absolute atomic E-state index is 0.0509. The van der Waals surface area contributed by atoms with Crippen molar-refractivity contribution in [3.05, 3.63) is 54.1 Å². The summed E-state index contributed by atoms with van der Waals surface area (Å²) in [5, 5.41) is 2.96. The molecule has 1 aliphatic rings. The minimum Gasteiger partial charge on any atom is -0.497 e. The Morgan fingerprint density at radius 1 is 1.11 bits per heavy atom. The Morgan fingerprint density at radius 3 is 2.52 bits per heavy atom. The van der Waals surface area contributed by atoms with E-state index < -0.39 is 0 Å². The van der Waals surface area contributed by atoms with E-state index in [1.165, 1.54) is 0 Å². The van der Waals surface area contributed by atoms with Gasteiger partial charge in [0.15, 0.2) is 0 Å². The molecular weight excluding hydrogens is 344 g/mol. The van der Waals surface area contributed by atoms with Gasteiger partial charge in [-0.1, -0.05) is 30.3 Å². The number of nitrogens with zero attached hydrogens (tertiary/aromatic N) is 1. The molecule has 142 valence electrons. The number of methoxy groups -OCH3 is 2. The second-order valence-corrected chi connectivity index (χ2v) is 6.56. The summed E-state index contributed by atoms with van der Waals surface area (Å²) in [5.74, 6) is 0.748. The number of piperidine rings is 1. The van der Waals surface area contributed by atoms with Crippen LogP contribution in [0.1, 0.15) is 24.4 Å². The lowest BCUT2D eigenvalue weighted by Crippen LogP contribution is -2.44. The summed E-state index contributed by atoms with van der Waals surface area (Å²) in [6.45, 7) is 0. The molecule has 1 saturated heterocycles. The molecule has 1 heterocycles. The van der Waals surface area contributed by atoms with Crippen molar-refractivity contribution in [1.82, 2.24) is 4.90 Å². The number of ether oxygens (including phenoxy) is 2. The molecule has 27 heavy (non-hydrogen) atoms. The molecule has 0 aromatic heterocycles. The Morgan fingerprint density at radius 2 is 1.85 bits per heavy atom. The van der Waals surface area contributed by atoms with Crippen LogP contribution >= 0.6 is 0 Å². The lowest BCUT2D eigenvalue weighted by Gasteiger charge is -2.38. The molecule has 2 atom stereocenters. The van der Waals surface area contributed by atoms with Gasteiger partial charge in [0.05, 0.1) is 31.9 Å². The predicted octanol–water partition coefficient (Wildman–Crippen LogP) is 3.25. The van der Waals surface area contributed by atoms with Gasteiger partial charge in [0.2, 0.25) is 11.8 Å². The van der Waals surface area contributed by atoms with Crippen LogP contribution in [0.5, 0.6) is 11.5 Å². The molecule has 0 unspecified atom stereocenters. The van der Waals surface area contributed by atoms with Gasteiger partial charge in [0.1, 0.15) is 11.5 Å². The molecule has 6 nitrogen and oxygen atoms in total. The third-order valence-electron chi connectivity index (χ3n) is 5.01. The molecule has 2 aromatic carbocycles. The molecular formula is C21H24N2O4. The van der Waals surface area contributed by atoms with Gasteiger partial charge in [-0.15, -0.1) is 0 Å². The van der Waals surface area contributed by atoms with Crippen molar-refractivity contribution in [3.8, 4) is 11.5 Å². The van der Waals surface area contributed by atoms with E-state index >= 15 is 0 Å². The van der Waals surface area contributed by atoms with Gasteiger partial charge in [-0.2, -0.15) is 0 Å². The smallest absolute Gasteiger partial charge is 0.230 e. The summed E-state index contributed by atoms with van der Waals surface area (Å²) < 4.78 is 10.6. The number of rotatable bonds is 5. The van der Waals surface area contributed by atoms with E-state index in [2.05, 4.69) is 5.32 Å². The Labute approximate surface area is 159 Å². The normalized spacial score (nSPS) is 19.5. The van der Waals surface area contributed by atoms with Crippen LogP contribution in [-0.4, -0.2) is 38.0 Å². The first-order chi connectivity index (χ1) is 13.0. The second kappa shape index (κ2) is 8.12. The van der Waals surface area contributed by atoms with E-state index in [1.54, 1.807) is 44.4 Å². The number of anilines is 1. The van der Waals surface area contributed by atoms with Crippen LogP contribution in [0.15, 0.2) is 48.5 Å². The highest BCUT2D eigenvalue weighted by atomic mass is 16.5. The van der Waals surface area contributed by atoms with Crippen LogP contribution in [-0.2, 0) is 9.59 Å². The molecule has 1 N–H and O–H groups in total. The number of benzene rings is 2. The molecule has 1 fully saturated rings. The average molecular weight is 368 g/mol. The standard InChI is InChI=1S/C21H24N2O4/c1-23-19(24)12-10-16(20(23)14-7-5-4-6-8-14)21(25)22-17-11-9-15(26-2)13-18(17)27-3/h4-9,11,13,16,20H,10,12H2,1-3H3,(H,22,25)/t16-,20+/m0/s1. The van der Waals surface area contributed by atoms with Crippen molar-refractivity contribution < 1.29 is 19.1 Å². The average Bonchev–Trinajstić information content (AvgIpc) is 2.70. The van der Waals surface area contributed by atoms with Gasteiger partial charge in [0.25, 0.3) is 0 Å². The molecule has 1 aliphatic heterocycles. The summed E-state index contributed by atoms with van der Waals surface area (Å²) >= 11 is 0. The third kappa shape index (κ3) is 3.89. The Balaban J connectivity index is 1.87. The van der Waals surface area contributed by atoms with Crippen LogP contribution in [0.2, 0.25) is 0 Å². The van der Waals surface area contributed by atoms with Crippen LogP contribution in [0.4, 0.5) is 5.69 Å².